The van der Waals surface area contributed by atoms with Gasteiger partial charge >= 0.3 is 0 Å². The van der Waals surface area contributed by atoms with Crippen molar-refractivity contribution in [2.24, 2.45) is 4.99 Å². The highest BCUT2D eigenvalue weighted by Crippen LogP contribution is 2.33. The van der Waals surface area contributed by atoms with E-state index in [0.29, 0.717) is 12.1 Å². The number of allylic oxidation sites excluding steroid dienone is 1. The molecule has 0 atom stereocenters. The topological polar surface area (TPSA) is 80.2 Å². The number of ketones is 1. The summed E-state index contributed by atoms with van der Waals surface area (Å²) in [6.45, 7) is 5.65. The second-order valence-corrected chi connectivity index (χ2v) is 7.98. The number of nitrogens with one attached hydrogen (secondary N) is 1. The highest BCUT2D eigenvalue weighted by Gasteiger charge is 2.12. The van der Waals surface area contributed by atoms with E-state index >= 15 is 0 Å². The maximum atomic E-state index is 12.0. The molecular formula is C26H32N4O2. The predicted molar refractivity (Wildman–Crippen MR) is 130 cm³/mol. The van der Waals surface area contributed by atoms with Crippen molar-refractivity contribution in [3.63, 3.8) is 0 Å². The number of imidazole rings is 1. The van der Waals surface area contributed by atoms with Gasteiger partial charge in [0, 0.05) is 41.8 Å². The number of hydrogen-bond donors (Lipinski definition) is 1. The summed E-state index contributed by atoms with van der Waals surface area (Å²) in [5, 5.41) is 1.07. The lowest BCUT2D eigenvalue weighted by Crippen LogP contribution is -2.09. The summed E-state index contributed by atoms with van der Waals surface area (Å²) in [5.74, 6) is 1.88. The molecule has 0 bridgehead atoms. The molecule has 0 aliphatic carbocycles. The molecule has 6 nitrogen and oxygen atoms in total. The number of aromatic nitrogens is 3. The van der Waals surface area contributed by atoms with E-state index in [9.17, 15) is 4.79 Å². The molecule has 0 radical (unpaired) electrons. The minimum Gasteiger partial charge on any atom is -0.496 e. The molecular weight excluding hydrogens is 400 g/mol. The molecule has 168 valence electrons. The molecule has 32 heavy (non-hydrogen) atoms. The minimum atomic E-state index is 0.133. The lowest BCUT2D eigenvalue weighted by atomic mass is 10.1. The van der Waals surface area contributed by atoms with Gasteiger partial charge in [-0.1, -0.05) is 25.0 Å². The predicted octanol–water partition coefficient (Wildman–Crippen LogP) is 6.00. The van der Waals surface area contributed by atoms with E-state index in [1.807, 2.05) is 38.3 Å². The van der Waals surface area contributed by atoms with Crippen LogP contribution in [0, 0.1) is 6.92 Å². The van der Waals surface area contributed by atoms with Gasteiger partial charge in [-0.15, -0.1) is 0 Å². The fourth-order valence-corrected chi connectivity index (χ4v) is 3.63. The normalized spacial score (nSPS) is 12.1. The van der Waals surface area contributed by atoms with Crippen molar-refractivity contribution in [2.45, 2.75) is 59.3 Å². The Bertz CT molecular complexity index is 1130. The molecule has 6 heteroatoms. The van der Waals surface area contributed by atoms with Crippen LogP contribution in [0.2, 0.25) is 0 Å². The highest BCUT2D eigenvalue weighted by molar-refractivity contribution is 6.39. The Morgan fingerprint density at radius 3 is 2.78 bits per heavy atom. The molecule has 0 saturated carbocycles. The van der Waals surface area contributed by atoms with Crippen LogP contribution in [0.4, 0.5) is 0 Å². The Morgan fingerprint density at radius 1 is 1.19 bits per heavy atom. The number of ether oxygens (including phenoxy) is 1. The smallest absolute Gasteiger partial charge is 0.176 e. The van der Waals surface area contributed by atoms with Crippen LogP contribution in [0.15, 0.2) is 47.7 Å². The van der Waals surface area contributed by atoms with E-state index in [2.05, 4.69) is 32.1 Å². The molecule has 0 amide bonds. The second-order valence-electron chi connectivity index (χ2n) is 7.98. The first-order valence-electron chi connectivity index (χ1n) is 11.2. The van der Waals surface area contributed by atoms with Crippen LogP contribution >= 0.6 is 0 Å². The largest absolute Gasteiger partial charge is 0.496 e. The van der Waals surface area contributed by atoms with Crippen LogP contribution in [-0.4, -0.2) is 33.6 Å². The van der Waals surface area contributed by atoms with Crippen LogP contribution in [0.3, 0.4) is 0 Å². The monoisotopic (exact) mass is 432 g/mol. The second kappa shape index (κ2) is 11.4. The molecule has 1 N–H and O–H groups in total. The number of aryl methyl sites for hydroxylation is 2. The van der Waals surface area contributed by atoms with Crippen LogP contribution in [0.25, 0.3) is 22.2 Å². The number of unbranched alkanes of at least 4 members (excludes halogenated alkanes) is 3. The number of fused-ring (bicyclic) bond motifs is 1. The Hall–Kier alpha value is -3.28. The molecule has 3 rings (SSSR count). The first kappa shape index (κ1) is 23.4. The van der Waals surface area contributed by atoms with Gasteiger partial charge in [0.25, 0.3) is 0 Å². The Kier molecular flexibility index (Phi) is 8.31. The number of carbonyl (C=O) groups is 1. The van der Waals surface area contributed by atoms with Crippen LogP contribution in [0.5, 0.6) is 5.75 Å². The Labute approximate surface area is 189 Å². The fourth-order valence-electron chi connectivity index (χ4n) is 3.63. The van der Waals surface area contributed by atoms with Crippen molar-refractivity contribution in [3.05, 3.63) is 54.3 Å². The first-order chi connectivity index (χ1) is 15.5. The number of aromatic amines is 1. The van der Waals surface area contributed by atoms with Gasteiger partial charge in [0.15, 0.2) is 5.78 Å². The van der Waals surface area contributed by atoms with Crippen molar-refractivity contribution >= 4 is 22.4 Å². The molecule has 0 aliphatic rings. The molecule has 0 saturated heterocycles. The van der Waals surface area contributed by atoms with E-state index in [1.54, 1.807) is 20.2 Å². The summed E-state index contributed by atoms with van der Waals surface area (Å²) in [6, 6.07) is 8.17. The van der Waals surface area contributed by atoms with Gasteiger partial charge in [-0.25, -0.2) is 4.98 Å². The fraction of sp³-hybridized carbons (Fsp3) is 0.385. The van der Waals surface area contributed by atoms with Gasteiger partial charge in [0.2, 0.25) is 0 Å². The molecule has 0 unspecified atom stereocenters. The summed E-state index contributed by atoms with van der Waals surface area (Å²) in [6.07, 6.45) is 10.8. The lowest BCUT2D eigenvalue weighted by Gasteiger charge is -2.09. The van der Waals surface area contributed by atoms with Crippen LogP contribution in [-0.2, 0) is 11.2 Å². The summed E-state index contributed by atoms with van der Waals surface area (Å²) in [5.41, 5.74) is 4.42. The average molecular weight is 433 g/mol. The third-order valence-electron chi connectivity index (χ3n) is 5.46. The molecule has 1 aromatic carbocycles. The quantitative estimate of drug-likeness (QED) is 0.298. The van der Waals surface area contributed by atoms with Crippen molar-refractivity contribution in [1.29, 1.82) is 0 Å². The van der Waals surface area contributed by atoms with Crippen molar-refractivity contribution in [1.82, 2.24) is 15.0 Å². The van der Waals surface area contributed by atoms with Crippen molar-refractivity contribution < 1.29 is 9.53 Å². The molecule has 0 spiro atoms. The summed E-state index contributed by atoms with van der Waals surface area (Å²) in [4.78, 5) is 28.7. The summed E-state index contributed by atoms with van der Waals surface area (Å²) < 4.78 is 5.61. The third kappa shape index (κ3) is 6.13. The summed E-state index contributed by atoms with van der Waals surface area (Å²) >= 11 is 0. The minimum absolute atomic E-state index is 0.133. The zero-order valence-corrected chi connectivity index (χ0v) is 19.4. The number of hydrogen-bond acceptors (Lipinski definition) is 5. The Balaban J connectivity index is 1.52. The van der Waals surface area contributed by atoms with Gasteiger partial charge < -0.3 is 9.72 Å². The number of pyridine rings is 1. The van der Waals surface area contributed by atoms with Gasteiger partial charge in [0.05, 0.1) is 30.2 Å². The lowest BCUT2D eigenvalue weighted by molar-refractivity contribution is -0.113. The SMILES string of the molecule is C/C=C\N=C(C)C(=O)CCCCCCc1ncc(-c2cc3ccc(C)nc3cc2OC)[nH]1. The first-order valence-corrected chi connectivity index (χ1v) is 11.2. The van der Waals surface area contributed by atoms with E-state index in [-0.39, 0.29) is 5.78 Å². The standard InChI is InChI=1S/C26H32N4O2/c1-5-14-27-19(3)24(31)10-8-6-7-9-11-26-28-17-23(30-26)21-15-20-13-12-18(2)29-22(20)16-25(21)32-4/h5,12-17H,6-11H2,1-4H3,(H,28,30)/b14-5-,27-19?. The highest BCUT2D eigenvalue weighted by atomic mass is 16.5. The third-order valence-corrected chi connectivity index (χ3v) is 5.46. The maximum Gasteiger partial charge on any atom is 0.176 e. The van der Waals surface area contributed by atoms with E-state index in [4.69, 9.17) is 4.74 Å². The van der Waals surface area contributed by atoms with Gasteiger partial charge in [-0.05, 0) is 45.7 Å². The number of nitrogens with zero attached hydrogens (tertiary/aromatic N) is 3. The van der Waals surface area contributed by atoms with Crippen molar-refractivity contribution in [2.75, 3.05) is 7.11 Å². The van der Waals surface area contributed by atoms with E-state index in [1.165, 1.54) is 0 Å². The number of benzene rings is 1. The number of H-pyrrole nitrogens is 1. The number of Topliss-reactive ketones (excluding diaryl/α,β-unsaturated/α-hetero) is 1. The molecule has 2 aromatic heterocycles. The van der Waals surface area contributed by atoms with Crippen molar-refractivity contribution in [3.8, 4) is 17.0 Å². The van der Waals surface area contributed by atoms with Crippen LogP contribution in [0.1, 0.15) is 57.5 Å². The maximum absolute atomic E-state index is 12.0. The summed E-state index contributed by atoms with van der Waals surface area (Å²) in [7, 11) is 1.68. The van der Waals surface area contributed by atoms with Gasteiger partial charge in [0.1, 0.15) is 11.6 Å². The number of methoxy groups -OCH3 is 1. The number of carbonyl (C=O) groups excluding carboxylic acids is 1. The number of rotatable bonds is 11. The molecule has 2 heterocycles. The van der Waals surface area contributed by atoms with E-state index in [0.717, 1.165) is 71.5 Å². The zero-order valence-electron chi connectivity index (χ0n) is 19.4. The Morgan fingerprint density at radius 2 is 2.00 bits per heavy atom. The zero-order chi connectivity index (χ0) is 22.9. The molecule has 0 aliphatic heterocycles. The van der Waals surface area contributed by atoms with Gasteiger partial charge in [-0.2, -0.15) is 0 Å². The average Bonchev–Trinajstić information content (AvgIpc) is 3.27. The molecule has 0 fully saturated rings. The van der Waals surface area contributed by atoms with E-state index < -0.39 is 0 Å². The van der Waals surface area contributed by atoms with Gasteiger partial charge in [-0.3, -0.25) is 14.8 Å². The molecule has 3 aromatic rings. The van der Waals surface area contributed by atoms with Crippen LogP contribution < -0.4 is 4.74 Å². The number of aliphatic imine (C=N–C) groups is 1.